The number of thiazole rings is 1. The molecular weight excluding hydrogens is 364 g/mol. The number of thiocarbonyl (C=S) groups is 1. The second-order valence-corrected chi connectivity index (χ2v) is 8.58. The van der Waals surface area contributed by atoms with Crippen molar-refractivity contribution in [3.63, 3.8) is 0 Å². The lowest BCUT2D eigenvalue weighted by atomic mass is 9.96. The third kappa shape index (κ3) is 4.71. The predicted molar refractivity (Wildman–Crippen MR) is 112 cm³/mol. The van der Waals surface area contributed by atoms with Gasteiger partial charge in [-0.05, 0) is 42.8 Å². The van der Waals surface area contributed by atoms with E-state index in [0.717, 1.165) is 43.5 Å². The zero-order chi connectivity index (χ0) is 17.8. The highest BCUT2D eigenvalue weighted by Gasteiger charge is 2.15. The van der Waals surface area contributed by atoms with E-state index in [1.165, 1.54) is 42.4 Å². The fourth-order valence-electron chi connectivity index (χ4n) is 3.70. The zero-order valence-electron chi connectivity index (χ0n) is 15.0. The van der Waals surface area contributed by atoms with Gasteiger partial charge in [-0.2, -0.15) is 0 Å². The van der Waals surface area contributed by atoms with E-state index in [4.69, 9.17) is 17.0 Å². The van der Waals surface area contributed by atoms with Crippen molar-refractivity contribution < 1.29 is 4.74 Å². The Hall–Kier alpha value is -1.28. The van der Waals surface area contributed by atoms with Gasteiger partial charge in [-0.15, -0.1) is 0 Å². The van der Waals surface area contributed by atoms with E-state index >= 15 is 0 Å². The number of rotatable bonds is 4. The van der Waals surface area contributed by atoms with Crippen molar-refractivity contribution >= 4 is 44.0 Å². The molecule has 2 aliphatic rings. The molecule has 1 aliphatic heterocycles. The normalized spacial score (nSPS) is 19.5. The molecular formula is C19H26N4OS2. The van der Waals surface area contributed by atoms with Gasteiger partial charge < -0.3 is 15.4 Å². The second-order valence-electron chi connectivity index (χ2n) is 7.14. The first-order valence-corrected chi connectivity index (χ1v) is 10.8. The van der Waals surface area contributed by atoms with Gasteiger partial charge >= 0.3 is 0 Å². The summed E-state index contributed by atoms with van der Waals surface area (Å²) >= 11 is 7.15. The van der Waals surface area contributed by atoms with Gasteiger partial charge in [0.2, 0.25) is 0 Å². The number of nitrogens with one attached hydrogen (secondary N) is 2. The molecule has 1 aromatic carbocycles. The highest BCUT2D eigenvalue weighted by Crippen LogP contribution is 2.27. The molecule has 2 fully saturated rings. The van der Waals surface area contributed by atoms with Crippen LogP contribution in [0.3, 0.4) is 0 Å². The fraction of sp³-hybridized carbons (Fsp3) is 0.579. The molecule has 5 nitrogen and oxygen atoms in total. The van der Waals surface area contributed by atoms with Gasteiger partial charge in [0.05, 0.1) is 23.4 Å². The molecule has 0 amide bonds. The molecule has 2 aromatic rings. The van der Waals surface area contributed by atoms with E-state index in [9.17, 15) is 0 Å². The quantitative estimate of drug-likeness (QED) is 0.776. The minimum atomic E-state index is 0.512. The lowest BCUT2D eigenvalue weighted by Gasteiger charge is -2.26. The smallest absolute Gasteiger partial charge is 0.190 e. The van der Waals surface area contributed by atoms with Crippen molar-refractivity contribution in [2.45, 2.75) is 44.7 Å². The molecule has 2 N–H and O–H groups in total. The first-order valence-electron chi connectivity index (χ1n) is 9.53. The van der Waals surface area contributed by atoms with E-state index in [0.29, 0.717) is 11.2 Å². The summed E-state index contributed by atoms with van der Waals surface area (Å²) in [7, 11) is 0. The molecule has 0 radical (unpaired) electrons. The van der Waals surface area contributed by atoms with Gasteiger partial charge in [-0.3, -0.25) is 4.90 Å². The molecule has 4 rings (SSSR count). The van der Waals surface area contributed by atoms with Crippen LogP contribution in [0.4, 0.5) is 5.13 Å². The summed E-state index contributed by atoms with van der Waals surface area (Å²) in [5.41, 5.74) is 2.36. The third-order valence-corrected chi connectivity index (χ3v) is 6.28. The molecule has 0 spiro atoms. The maximum Gasteiger partial charge on any atom is 0.190 e. The van der Waals surface area contributed by atoms with Gasteiger partial charge in [0.15, 0.2) is 10.2 Å². The number of benzene rings is 1. The van der Waals surface area contributed by atoms with E-state index in [1.807, 2.05) is 0 Å². The molecule has 1 saturated carbocycles. The Morgan fingerprint density at radius 2 is 2.04 bits per heavy atom. The van der Waals surface area contributed by atoms with Crippen molar-refractivity contribution in [2.24, 2.45) is 0 Å². The number of anilines is 1. The number of fused-ring (bicyclic) bond motifs is 1. The molecule has 1 aliphatic carbocycles. The Kier molecular flexibility index (Phi) is 5.99. The molecule has 1 saturated heterocycles. The number of morpholine rings is 1. The maximum absolute atomic E-state index is 5.48. The Balaban J connectivity index is 1.37. The topological polar surface area (TPSA) is 49.4 Å². The molecule has 0 unspecified atom stereocenters. The van der Waals surface area contributed by atoms with Crippen LogP contribution in [-0.2, 0) is 11.3 Å². The summed E-state index contributed by atoms with van der Waals surface area (Å²) in [6, 6.07) is 7.06. The Morgan fingerprint density at radius 3 is 2.85 bits per heavy atom. The van der Waals surface area contributed by atoms with Crippen LogP contribution in [0.15, 0.2) is 18.2 Å². The van der Waals surface area contributed by atoms with Gasteiger partial charge in [-0.1, -0.05) is 36.7 Å². The van der Waals surface area contributed by atoms with Crippen LogP contribution in [0.1, 0.15) is 37.7 Å². The molecule has 0 atom stereocenters. The Labute approximate surface area is 164 Å². The average Bonchev–Trinajstić information content (AvgIpc) is 3.04. The maximum atomic E-state index is 5.48. The molecule has 26 heavy (non-hydrogen) atoms. The van der Waals surface area contributed by atoms with Gasteiger partial charge in [0, 0.05) is 25.7 Å². The molecule has 140 valence electrons. The minimum absolute atomic E-state index is 0.512. The number of ether oxygens (including phenoxy) is 1. The summed E-state index contributed by atoms with van der Waals surface area (Å²) < 4.78 is 6.63. The van der Waals surface area contributed by atoms with Gasteiger partial charge in [-0.25, -0.2) is 4.98 Å². The van der Waals surface area contributed by atoms with Crippen molar-refractivity contribution in [1.82, 2.24) is 15.2 Å². The molecule has 2 heterocycles. The second kappa shape index (κ2) is 8.61. The van der Waals surface area contributed by atoms with Crippen LogP contribution in [-0.4, -0.2) is 47.3 Å². The molecule has 0 bridgehead atoms. The minimum Gasteiger partial charge on any atom is -0.379 e. The third-order valence-electron chi connectivity index (χ3n) is 5.12. The number of aromatic nitrogens is 1. The van der Waals surface area contributed by atoms with E-state index in [2.05, 4.69) is 38.7 Å². The summed E-state index contributed by atoms with van der Waals surface area (Å²) in [6.45, 7) is 4.66. The van der Waals surface area contributed by atoms with Crippen LogP contribution in [0.25, 0.3) is 10.2 Å². The average molecular weight is 391 g/mol. The number of nitrogens with zero attached hydrogens (tertiary/aromatic N) is 2. The monoisotopic (exact) mass is 390 g/mol. The number of hydrogen-bond donors (Lipinski definition) is 2. The van der Waals surface area contributed by atoms with Crippen molar-refractivity contribution in [3.05, 3.63) is 23.8 Å². The summed E-state index contributed by atoms with van der Waals surface area (Å²) in [5.74, 6) is 0. The van der Waals surface area contributed by atoms with E-state index in [1.54, 1.807) is 11.3 Å². The lowest BCUT2D eigenvalue weighted by molar-refractivity contribution is 0.0342. The van der Waals surface area contributed by atoms with Crippen molar-refractivity contribution in [2.75, 3.05) is 31.6 Å². The van der Waals surface area contributed by atoms with Crippen LogP contribution in [0.2, 0.25) is 0 Å². The first kappa shape index (κ1) is 18.1. The summed E-state index contributed by atoms with van der Waals surface area (Å²) in [4.78, 5) is 7.12. The van der Waals surface area contributed by atoms with Gasteiger partial charge in [0.1, 0.15) is 0 Å². The van der Waals surface area contributed by atoms with Gasteiger partial charge in [0.25, 0.3) is 0 Å². The van der Waals surface area contributed by atoms with E-state index in [-0.39, 0.29) is 0 Å². The van der Waals surface area contributed by atoms with Crippen molar-refractivity contribution in [3.8, 4) is 0 Å². The van der Waals surface area contributed by atoms with Crippen LogP contribution < -0.4 is 10.6 Å². The zero-order valence-corrected chi connectivity index (χ0v) is 16.6. The van der Waals surface area contributed by atoms with Crippen LogP contribution in [0.5, 0.6) is 0 Å². The summed E-state index contributed by atoms with van der Waals surface area (Å²) in [5, 5.41) is 8.30. The SMILES string of the molecule is S=C(Nc1nc2ccc(CN3CCOCC3)cc2s1)NC1CCCCC1. The Morgan fingerprint density at radius 1 is 1.23 bits per heavy atom. The largest absolute Gasteiger partial charge is 0.379 e. The highest BCUT2D eigenvalue weighted by atomic mass is 32.1. The highest BCUT2D eigenvalue weighted by molar-refractivity contribution is 7.80. The Bertz CT molecular complexity index is 751. The van der Waals surface area contributed by atoms with Crippen LogP contribution in [0, 0.1) is 0 Å². The van der Waals surface area contributed by atoms with Crippen molar-refractivity contribution in [1.29, 1.82) is 0 Å². The van der Waals surface area contributed by atoms with Crippen LogP contribution >= 0.6 is 23.6 Å². The lowest BCUT2D eigenvalue weighted by Crippen LogP contribution is -2.38. The molecule has 1 aromatic heterocycles. The number of hydrogen-bond acceptors (Lipinski definition) is 5. The van der Waals surface area contributed by atoms with E-state index < -0.39 is 0 Å². The standard InChI is InChI=1S/C19H26N4OS2/c25-18(20-15-4-2-1-3-5-15)22-19-21-16-7-6-14(12-17(16)26-19)13-23-8-10-24-11-9-23/h6-7,12,15H,1-5,8-11,13H2,(H2,20,21,22,25). The summed E-state index contributed by atoms with van der Waals surface area (Å²) in [6.07, 6.45) is 6.38. The molecule has 7 heteroatoms. The predicted octanol–water partition coefficient (Wildman–Crippen LogP) is 3.75. The fourth-order valence-corrected chi connectivity index (χ4v) is 4.97. The first-order chi connectivity index (χ1) is 12.8.